The third-order valence-corrected chi connectivity index (χ3v) is 3.02. The Hall–Kier alpha value is -2.36. The Balaban J connectivity index is 0.00000161. The summed E-state index contributed by atoms with van der Waals surface area (Å²) in [6.45, 7) is 0. The minimum Gasteiger partial charge on any atom is -0.506 e. The van der Waals surface area contributed by atoms with E-state index in [9.17, 15) is 10.2 Å². The molecule has 0 heterocycles. The van der Waals surface area contributed by atoms with Crippen LogP contribution in [-0.2, 0) is 17.1 Å². The molecule has 109 valence electrons. The third-order valence-electron chi connectivity index (χ3n) is 3.02. The minimum absolute atomic E-state index is 0. The summed E-state index contributed by atoms with van der Waals surface area (Å²) in [5, 5.41) is 29.5. The van der Waals surface area contributed by atoms with Crippen molar-refractivity contribution in [1.29, 1.82) is 0 Å². The number of phenols is 2. The van der Waals surface area contributed by atoms with Crippen LogP contribution in [0, 0.1) is 0 Å². The van der Waals surface area contributed by atoms with Crippen LogP contribution in [-0.4, -0.2) is 10.2 Å². The van der Waals surface area contributed by atoms with Gasteiger partial charge in [-0.3, -0.25) is 0 Å². The van der Waals surface area contributed by atoms with E-state index < -0.39 is 0 Å². The summed E-state index contributed by atoms with van der Waals surface area (Å²) in [5.41, 5.74) is 0.756. The molecule has 0 aliphatic heterocycles. The number of para-hydroxylation sites is 1. The molecule has 1 radical (unpaired) electrons. The maximum atomic E-state index is 9.94. The Kier molecular flexibility index (Phi) is 4.58. The molecule has 3 aromatic rings. The van der Waals surface area contributed by atoms with Crippen LogP contribution in [0.2, 0.25) is 0 Å². The van der Waals surface area contributed by atoms with Gasteiger partial charge in [-0.2, -0.15) is 0 Å². The molecule has 0 atom stereocenters. The zero-order valence-corrected chi connectivity index (χ0v) is 11.8. The number of benzene rings is 3. The molecule has 0 saturated carbocycles. The Morgan fingerprint density at radius 3 is 2.19 bits per heavy atom. The first-order valence-electron chi connectivity index (χ1n) is 6.16. The van der Waals surface area contributed by atoms with E-state index in [4.69, 9.17) is 0 Å². The van der Waals surface area contributed by atoms with Crippen LogP contribution in [0.5, 0.6) is 11.5 Å². The van der Waals surface area contributed by atoms with Gasteiger partial charge in [0, 0.05) is 22.5 Å². The smallest absolute Gasteiger partial charge is 0.143 e. The fraction of sp³-hybridized carbons (Fsp3) is 0. The van der Waals surface area contributed by atoms with Gasteiger partial charge in [-0.25, -0.2) is 0 Å². The second kappa shape index (κ2) is 6.39. The van der Waals surface area contributed by atoms with Crippen LogP contribution in [0.3, 0.4) is 0 Å². The van der Waals surface area contributed by atoms with Gasteiger partial charge < -0.3 is 10.2 Å². The van der Waals surface area contributed by atoms with Gasteiger partial charge in [-0.15, -0.1) is 10.2 Å². The van der Waals surface area contributed by atoms with E-state index in [2.05, 4.69) is 10.2 Å². The van der Waals surface area contributed by atoms with E-state index in [0.29, 0.717) is 11.4 Å². The topological polar surface area (TPSA) is 65.2 Å². The molecule has 0 aromatic heterocycles. The number of phenolic OH excluding ortho intramolecular Hbond substituents is 2. The predicted molar refractivity (Wildman–Crippen MR) is 77.9 cm³/mol. The molecule has 0 fully saturated rings. The molecule has 0 aliphatic carbocycles. The number of hydrogen-bond donors (Lipinski definition) is 2. The molecular weight excluding hydrogens is 316 g/mol. The van der Waals surface area contributed by atoms with Gasteiger partial charge >= 0.3 is 0 Å². The summed E-state index contributed by atoms with van der Waals surface area (Å²) in [6.07, 6.45) is 0. The monoisotopic (exact) mass is 327 g/mol. The molecule has 0 spiro atoms. The van der Waals surface area contributed by atoms with E-state index in [1.54, 1.807) is 24.3 Å². The standard InChI is InChI=1S/C16H12N2O2.Cu/c19-14-8-4-3-7-13(14)17-18-16-12-6-2-1-5-11(12)9-10-15(16)20;/h1-10,19-20H;. The summed E-state index contributed by atoms with van der Waals surface area (Å²) < 4.78 is 0. The number of nitrogens with zero attached hydrogens (tertiary/aromatic N) is 2. The first kappa shape index (κ1) is 15.0. The van der Waals surface area contributed by atoms with Crippen LogP contribution >= 0.6 is 0 Å². The van der Waals surface area contributed by atoms with E-state index in [0.717, 1.165) is 10.8 Å². The van der Waals surface area contributed by atoms with E-state index in [-0.39, 0.29) is 28.6 Å². The van der Waals surface area contributed by atoms with Crippen molar-refractivity contribution in [2.75, 3.05) is 0 Å². The van der Waals surface area contributed by atoms with Crippen molar-refractivity contribution in [3.05, 3.63) is 60.7 Å². The summed E-state index contributed by atoms with van der Waals surface area (Å²) in [7, 11) is 0. The maximum absolute atomic E-state index is 9.94. The Bertz CT molecular complexity index is 803. The van der Waals surface area contributed by atoms with Crippen molar-refractivity contribution in [3.8, 4) is 11.5 Å². The average Bonchev–Trinajstić information content (AvgIpc) is 2.48. The third kappa shape index (κ3) is 3.05. The maximum Gasteiger partial charge on any atom is 0.143 e. The zero-order valence-electron chi connectivity index (χ0n) is 10.9. The number of hydrogen-bond acceptors (Lipinski definition) is 4. The van der Waals surface area contributed by atoms with Crippen molar-refractivity contribution >= 4 is 22.1 Å². The number of rotatable bonds is 2. The van der Waals surface area contributed by atoms with Crippen molar-refractivity contribution in [2.45, 2.75) is 0 Å². The van der Waals surface area contributed by atoms with Crippen LogP contribution in [0.25, 0.3) is 10.8 Å². The van der Waals surface area contributed by atoms with Gasteiger partial charge in [-0.05, 0) is 23.6 Å². The molecule has 21 heavy (non-hydrogen) atoms. The zero-order chi connectivity index (χ0) is 13.9. The molecule has 3 aromatic carbocycles. The van der Waals surface area contributed by atoms with Crippen molar-refractivity contribution in [3.63, 3.8) is 0 Å². The minimum atomic E-state index is 0. The average molecular weight is 328 g/mol. The molecule has 0 bridgehead atoms. The molecule has 4 nitrogen and oxygen atoms in total. The van der Waals surface area contributed by atoms with Crippen LogP contribution in [0.15, 0.2) is 70.9 Å². The SMILES string of the molecule is Oc1ccccc1N=Nc1c(O)ccc2ccccc12.[Cu]. The fourth-order valence-electron chi connectivity index (χ4n) is 2.00. The molecule has 5 heteroatoms. The van der Waals surface area contributed by atoms with Gasteiger partial charge in [0.2, 0.25) is 0 Å². The molecular formula is C16H12CuN2O2. The van der Waals surface area contributed by atoms with E-state index in [1.807, 2.05) is 30.3 Å². The van der Waals surface area contributed by atoms with Gasteiger partial charge in [0.1, 0.15) is 22.9 Å². The van der Waals surface area contributed by atoms with Crippen molar-refractivity contribution in [1.82, 2.24) is 0 Å². The van der Waals surface area contributed by atoms with Crippen LogP contribution < -0.4 is 0 Å². The molecule has 2 N–H and O–H groups in total. The molecule has 0 saturated heterocycles. The normalized spacial score (nSPS) is 10.7. The Morgan fingerprint density at radius 1 is 0.667 bits per heavy atom. The first-order valence-corrected chi connectivity index (χ1v) is 6.16. The summed E-state index contributed by atoms with van der Waals surface area (Å²) in [4.78, 5) is 0. The fourth-order valence-corrected chi connectivity index (χ4v) is 2.00. The molecule has 0 unspecified atom stereocenters. The van der Waals surface area contributed by atoms with Crippen molar-refractivity contribution in [2.24, 2.45) is 10.2 Å². The first-order chi connectivity index (χ1) is 9.75. The number of fused-ring (bicyclic) bond motifs is 1. The second-order valence-corrected chi connectivity index (χ2v) is 4.34. The predicted octanol–water partition coefficient (Wildman–Crippen LogP) is 4.66. The van der Waals surface area contributed by atoms with Crippen LogP contribution in [0.1, 0.15) is 0 Å². The van der Waals surface area contributed by atoms with Gasteiger partial charge in [0.25, 0.3) is 0 Å². The van der Waals surface area contributed by atoms with Crippen LogP contribution in [0.4, 0.5) is 11.4 Å². The summed E-state index contributed by atoms with van der Waals surface area (Å²) in [5.74, 6) is 0.110. The quantitative estimate of drug-likeness (QED) is 0.531. The second-order valence-electron chi connectivity index (χ2n) is 4.34. The summed E-state index contributed by atoms with van der Waals surface area (Å²) in [6, 6.07) is 17.7. The molecule has 0 amide bonds. The van der Waals surface area contributed by atoms with Gasteiger partial charge in [0.05, 0.1) is 0 Å². The molecule has 0 aliphatic rings. The van der Waals surface area contributed by atoms with E-state index >= 15 is 0 Å². The van der Waals surface area contributed by atoms with Crippen molar-refractivity contribution < 1.29 is 27.3 Å². The largest absolute Gasteiger partial charge is 0.506 e. The van der Waals surface area contributed by atoms with Gasteiger partial charge in [-0.1, -0.05) is 42.5 Å². The Labute approximate surface area is 132 Å². The van der Waals surface area contributed by atoms with E-state index in [1.165, 1.54) is 6.07 Å². The van der Waals surface area contributed by atoms with Gasteiger partial charge in [0.15, 0.2) is 0 Å². The number of aromatic hydroxyl groups is 2. The Morgan fingerprint density at radius 2 is 1.38 bits per heavy atom. The number of azo groups is 1. The molecule has 3 rings (SSSR count). The summed E-state index contributed by atoms with van der Waals surface area (Å²) >= 11 is 0.